The molecule has 0 radical (unpaired) electrons. The average Bonchev–Trinajstić information content (AvgIpc) is 3.04. The first-order valence-corrected chi connectivity index (χ1v) is 7.67. The first-order valence-electron chi connectivity index (χ1n) is 7.67. The van der Waals surface area contributed by atoms with Crippen molar-refractivity contribution in [2.75, 3.05) is 23.3 Å². The minimum absolute atomic E-state index is 0.153. The summed E-state index contributed by atoms with van der Waals surface area (Å²) in [7, 11) is 0. The molecule has 0 aliphatic carbocycles. The Balaban J connectivity index is 1.89. The number of nitrogens with one attached hydrogen (secondary N) is 1. The molecule has 0 saturated carbocycles. The Morgan fingerprint density at radius 1 is 1.48 bits per heavy atom. The van der Waals surface area contributed by atoms with Crippen LogP contribution in [-0.4, -0.2) is 45.4 Å². The highest BCUT2D eigenvalue weighted by Gasteiger charge is 2.23. The van der Waals surface area contributed by atoms with Gasteiger partial charge < -0.3 is 15.4 Å². The van der Waals surface area contributed by atoms with E-state index in [0.717, 1.165) is 25.3 Å². The fourth-order valence-corrected chi connectivity index (χ4v) is 2.55. The van der Waals surface area contributed by atoms with Crippen LogP contribution in [0.15, 0.2) is 18.3 Å². The van der Waals surface area contributed by atoms with Gasteiger partial charge in [-0.25, -0.2) is 9.78 Å². The van der Waals surface area contributed by atoms with Gasteiger partial charge in [-0.2, -0.15) is 9.61 Å². The molecule has 1 atom stereocenters. The molecule has 124 valence electrons. The third-order valence-corrected chi connectivity index (χ3v) is 3.52. The molecule has 8 nitrogen and oxygen atoms in total. The van der Waals surface area contributed by atoms with Crippen molar-refractivity contribution in [3.05, 3.63) is 18.3 Å². The van der Waals surface area contributed by atoms with E-state index in [1.807, 2.05) is 20.8 Å². The van der Waals surface area contributed by atoms with E-state index in [-0.39, 0.29) is 6.04 Å². The Morgan fingerprint density at radius 2 is 2.26 bits per heavy atom. The van der Waals surface area contributed by atoms with Crippen molar-refractivity contribution in [2.24, 2.45) is 5.73 Å². The van der Waals surface area contributed by atoms with Crippen LogP contribution < -0.4 is 16.0 Å². The molecule has 0 unspecified atom stereocenters. The van der Waals surface area contributed by atoms with Gasteiger partial charge in [0.1, 0.15) is 17.2 Å². The third kappa shape index (κ3) is 3.53. The van der Waals surface area contributed by atoms with Gasteiger partial charge in [0.2, 0.25) is 0 Å². The smallest absolute Gasteiger partial charge is 0.413 e. The Kier molecular flexibility index (Phi) is 3.85. The predicted molar refractivity (Wildman–Crippen MR) is 87.6 cm³/mol. The first kappa shape index (κ1) is 15.5. The van der Waals surface area contributed by atoms with E-state index in [2.05, 4.69) is 20.3 Å². The molecule has 1 aliphatic heterocycles. The molecule has 23 heavy (non-hydrogen) atoms. The molecule has 8 heteroatoms. The Morgan fingerprint density at radius 3 is 2.91 bits per heavy atom. The number of aromatic nitrogens is 3. The summed E-state index contributed by atoms with van der Waals surface area (Å²) < 4.78 is 6.88. The van der Waals surface area contributed by atoms with Crippen molar-refractivity contribution < 1.29 is 9.53 Å². The summed E-state index contributed by atoms with van der Waals surface area (Å²) in [5.74, 6) is 1.29. The molecule has 1 aliphatic rings. The standard InChI is InChI=1S/C15H22N6O2/c1-15(2,3)23-14(22)19-13-8-12(20-7-5-10(16)9-20)18-11-4-6-17-21(11)13/h4,6,8,10H,5,7,9,16H2,1-3H3,(H,19,22)/t10-/m0/s1. The molecule has 0 spiro atoms. The van der Waals surface area contributed by atoms with E-state index in [0.29, 0.717) is 11.5 Å². The van der Waals surface area contributed by atoms with Crippen LogP contribution in [0.4, 0.5) is 16.4 Å². The molecule has 0 aromatic carbocycles. The van der Waals surface area contributed by atoms with Crippen LogP contribution >= 0.6 is 0 Å². The molecule has 3 rings (SSSR count). The number of hydrogen-bond acceptors (Lipinski definition) is 6. The van der Waals surface area contributed by atoms with E-state index < -0.39 is 11.7 Å². The maximum Gasteiger partial charge on any atom is 0.413 e. The van der Waals surface area contributed by atoms with Crippen LogP contribution in [0.2, 0.25) is 0 Å². The minimum Gasteiger partial charge on any atom is -0.444 e. The van der Waals surface area contributed by atoms with Gasteiger partial charge in [0.25, 0.3) is 0 Å². The molecule has 2 aromatic heterocycles. The fourth-order valence-electron chi connectivity index (χ4n) is 2.55. The lowest BCUT2D eigenvalue weighted by atomic mass is 10.2. The quantitative estimate of drug-likeness (QED) is 0.873. The Labute approximate surface area is 134 Å². The number of nitrogens with zero attached hydrogens (tertiary/aromatic N) is 4. The van der Waals surface area contributed by atoms with Gasteiger partial charge in [0, 0.05) is 31.3 Å². The van der Waals surface area contributed by atoms with Gasteiger partial charge in [-0.1, -0.05) is 0 Å². The minimum atomic E-state index is -0.565. The largest absolute Gasteiger partial charge is 0.444 e. The third-order valence-electron chi connectivity index (χ3n) is 3.52. The number of anilines is 2. The number of hydrogen-bond donors (Lipinski definition) is 2. The monoisotopic (exact) mass is 318 g/mol. The van der Waals surface area contributed by atoms with E-state index in [4.69, 9.17) is 10.5 Å². The second-order valence-electron chi connectivity index (χ2n) is 6.72. The summed E-state index contributed by atoms with van der Waals surface area (Å²) in [6.07, 6.45) is 2.05. The Bertz CT molecular complexity index is 720. The zero-order chi connectivity index (χ0) is 16.6. The van der Waals surface area contributed by atoms with Crippen LogP contribution in [0.5, 0.6) is 0 Å². The number of amides is 1. The van der Waals surface area contributed by atoms with Crippen LogP contribution in [0, 0.1) is 0 Å². The van der Waals surface area contributed by atoms with Crippen molar-refractivity contribution in [1.29, 1.82) is 0 Å². The molecule has 2 aromatic rings. The molecule has 3 N–H and O–H groups in total. The second kappa shape index (κ2) is 5.69. The van der Waals surface area contributed by atoms with Crippen LogP contribution in [-0.2, 0) is 4.74 Å². The van der Waals surface area contributed by atoms with Gasteiger partial charge in [-0.15, -0.1) is 0 Å². The van der Waals surface area contributed by atoms with Crippen molar-refractivity contribution in [3.63, 3.8) is 0 Å². The summed E-state index contributed by atoms with van der Waals surface area (Å²) in [6, 6.07) is 3.74. The van der Waals surface area contributed by atoms with E-state index in [1.165, 1.54) is 0 Å². The topological polar surface area (TPSA) is 97.8 Å². The Hall–Kier alpha value is -2.35. The number of fused-ring (bicyclic) bond motifs is 1. The lowest BCUT2D eigenvalue weighted by Crippen LogP contribution is -2.29. The van der Waals surface area contributed by atoms with Gasteiger partial charge in [-0.05, 0) is 27.2 Å². The maximum absolute atomic E-state index is 12.0. The summed E-state index contributed by atoms with van der Waals surface area (Å²) >= 11 is 0. The number of carbonyl (C=O) groups is 1. The lowest BCUT2D eigenvalue weighted by molar-refractivity contribution is 0.0635. The van der Waals surface area contributed by atoms with Crippen molar-refractivity contribution in [2.45, 2.75) is 38.8 Å². The fraction of sp³-hybridized carbons (Fsp3) is 0.533. The van der Waals surface area contributed by atoms with Crippen LogP contribution in [0.3, 0.4) is 0 Å². The summed E-state index contributed by atoms with van der Waals surface area (Å²) in [6.45, 7) is 7.06. The lowest BCUT2D eigenvalue weighted by Gasteiger charge is -2.21. The normalized spacial score (nSPS) is 18.4. The van der Waals surface area contributed by atoms with Crippen molar-refractivity contribution in [1.82, 2.24) is 14.6 Å². The SMILES string of the molecule is CC(C)(C)OC(=O)Nc1cc(N2CC[C@H](N)C2)nc2ccnn12. The van der Waals surface area contributed by atoms with Crippen LogP contribution in [0.25, 0.3) is 5.65 Å². The van der Waals surface area contributed by atoms with Gasteiger partial charge in [-0.3, -0.25) is 5.32 Å². The molecule has 1 saturated heterocycles. The van der Waals surface area contributed by atoms with E-state index in [1.54, 1.807) is 22.8 Å². The molecular formula is C15H22N6O2. The van der Waals surface area contributed by atoms with Gasteiger partial charge >= 0.3 is 6.09 Å². The molecule has 1 amide bonds. The zero-order valence-corrected chi connectivity index (χ0v) is 13.6. The average molecular weight is 318 g/mol. The van der Waals surface area contributed by atoms with Gasteiger partial charge in [0.05, 0.1) is 6.20 Å². The highest BCUT2D eigenvalue weighted by molar-refractivity contribution is 5.84. The van der Waals surface area contributed by atoms with E-state index in [9.17, 15) is 4.79 Å². The van der Waals surface area contributed by atoms with Crippen molar-refractivity contribution >= 4 is 23.4 Å². The first-order chi connectivity index (χ1) is 10.8. The molecule has 3 heterocycles. The number of carbonyl (C=O) groups excluding carboxylic acids is 1. The number of rotatable bonds is 2. The van der Waals surface area contributed by atoms with Crippen LogP contribution in [0.1, 0.15) is 27.2 Å². The van der Waals surface area contributed by atoms with Gasteiger partial charge in [0.15, 0.2) is 5.65 Å². The summed E-state index contributed by atoms with van der Waals surface area (Å²) in [4.78, 5) is 18.7. The van der Waals surface area contributed by atoms with Crippen molar-refractivity contribution in [3.8, 4) is 0 Å². The molecule has 0 bridgehead atoms. The van der Waals surface area contributed by atoms with E-state index >= 15 is 0 Å². The number of nitrogens with two attached hydrogens (primary N) is 1. The second-order valence-corrected chi connectivity index (χ2v) is 6.72. The zero-order valence-electron chi connectivity index (χ0n) is 13.6. The molecule has 1 fully saturated rings. The highest BCUT2D eigenvalue weighted by atomic mass is 16.6. The molecular weight excluding hydrogens is 296 g/mol. The summed E-state index contributed by atoms with van der Waals surface area (Å²) in [5, 5.41) is 6.94. The predicted octanol–water partition coefficient (Wildman–Crippen LogP) is 1.61. The maximum atomic E-state index is 12.0. The summed E-state index contributed by atoms with van der Waals surface area (Å²) in [5.41, 5.74) is 6.06. The number of ether oxygens (including phenoxy) is 1. The highest BCUT2D eigenvalue weighted by Crippen LogP contribution is 2.23.